The summed E-state index contributed by atoms with van der Waals surface area (Å²) in [5.74, 6) is 0.757. The first kappa shape index (κ1) is 15.2. The summed E-state index contributed by atoms with van der Waals surface area (Å²) in [5, 5.41) is 6.75. The first-order chi connectivity index (χ1) is 10.6. The van der Waals surface area contributed by atoms with E-state index in [1.807, 2.05) is 6.92 Å². The summed E-state index contributed by atoms with van der Waals surface area (Å²) in [6.45, 7) is 5.40. The average molecular weight is 315 g/mol. The van der Waals surface area contributed by atoms with Gasteiger partial charge in [-0.2, -0.15) is 0 Å². The van der Waals surface area contributed by atoms with Crippen LogP contribution in [0, 0.1) is 19.8 Å². The van der Waals surface area contributed by atoms with Crippen LogP contribution < -0.4 is 10.6 Å². The summed E-state index contributed by atoms with van der Waals surface area (Å²) in [4.78, 5) is 17.6. The number of anilines is 1. The number of thiazole rings is 1. The zero-order valence-electron chi connectivity index (χ0n) is 13.0. The predicted molar refractivity (Wildman–Crippen MR) is 91.2 cm³/mol. The molecule has 2 N–H and O–H groups in total. The summed E-state index contributed by atoms with van der Waals surface area (Å²) in [6.07, 6.45) is 2.58. The van der Waals surface area contributed by atoms with E-state index in [-0.39, 0.29) is 5.91 Å². The number of hydrogen-bond donors (Lipinski definition) is 2. The van der Waals surface area contributed by atoms with E-state index in [0.717, 1.165) is 28.6 Å². The third-order valence-electron chi connectivity index (χ3n) is 3.78. The molecule has 0 atom stereocenters. The number of nitrogens with one attached hydrogen (secondary N) is 2. The van der Waals surface area contributed by atoms with Crippen LogP contribution in [0.25, 0.3) is 11.3 Å². The minimum absolute atomic E-state index is 0.0233. The van der Waals surface area contributed by atoms with Crippen LogP contribution >= 0.6 is 11.3 Å². The van der Waals surface area contributed by atoms with E-state index in [0.29, 0.717) is 11.7 Å². The number of benzene rings is 1. The minimum atomic E-state index is -0.0233. The molecule has 1 heterocycles. The molecule has 0 aliphatic heterocycles. The van der Waals surface area contributed by atoms with Crippen LogP contribution in [0.15, 0.2) is 24.3 Å². The fraction of sp³-hybridized carbons (Fsp3) is 0.412. The number of aryl methyl sites for hydroxylation is 2. The molecule has 2 aromatic rings. The van der Waals surface area contributed by atoms with Gasteiger partial charge in [0.05, 0.1) is 12.2 Å². The van der Waals surface area contributed by atoms with Crippen molar-refractivity contribution in [1.29, 1.82) is 0 Å². The molecule has 0 spiro atoms. The van der Waals surface area contributed by atoms with Gasteiger partial charge in [-0.15, -0.1) is 11.3 Å². The molecule has 1 aromatic heterocycles. The molecule has 1 saturated carbocycles. The van der Waals surface area contributed by atoms with Crippen molar-refractivity contribution in [3.8, 4) is 11.3 Å². The minimum Gasteiger partial charge on any atom is -0.308 e. The van der Waals surface area contributed by atoms with Crippen LogP contribution in [-0.2, 0) is 4.79 Å². The number of carbonyl (C=O) groups excluding carboxylic acids is 1. The zero-order chi connectivity index (χ0) is 15.5. The van der Waals surface area contributed by atoms with E-state index in [4.69, 9.17) is 0 Å². The van der Waals surface area contributed by atoms with Crippen LogP contribution in [0.3, 0.4) is 0 Å². The Hall–Kier alpha value is -1.72. The van der Waals surface area contributed by atoms with Gasteiger partial charge >= 0.3 is 0 Å². The molecule has 3 rings (SSSR count). The van der Waals surface area contributed by atoms with Gasteiger partial charge in [0.15, 0.2) is 5.13 Å². The molecule has 0 unspecified atom stereocenters. The monoisotopic (exact) mass is 315 g/mol. The molecule has 1 fully saturated rings. The summed E-state index contributed by atoms with van der Waals surface area (Å²) in [6, 6.07) is 8.29. The van der Waals surface area contributed by atoms with E-state index in [9.17, 15) is 4.79 Å². The number of aromatic nitrogens is 1. The topological polar surface area (TPSA) is 54.0 Å². The van der Waals surface area contributed by atoms with Gasteiger partial charge in [-0.05, 0) is 39.2 Å². The Balaban J connectivity index is 1.61. The highest BCUT2D eigenvalue weighted by molar-refractivity contribution is 7.16. The van der Waals surface area contributed by atoms with Crippen molar-refractivity contribution in [2.45, 2.75) is 26.7 Å². The molecular weight excluding hydrogens is 294 g/mol. The van der Waals surface area contributed by atoms with Crippen molar-refractivity contribution in [2.75, 3.05) is 18.4 Å². The molecule has 4 nitrogen and oxygen atoms in total. The number of hydrogen-bond acceptors (Lipinski definition) is 4. The highest BCUT2D eigenvalue weighted by atomic mass is 32.1. The van der Waals surface area contributed by atoms with E-state index < -0.39 is 0 Å². The SMILES string of the molecule is Cc1ccc(-c2nc(NC(=O)CNCC3CC3)sc2C)cc1. The Kier molecular flexibility index (Phi) is 4.55. The van der Waals surface area contributed by atoms with Crippen LogP contribution in [0.1, 0.15) is 23.3 Å². The fourth-order valence-electron chi connectivity index (χ4n) is 2.30. The number of amides is 1. The Labute approximate surface area is 135 Å². The zero-order valence-corrected chi connectivity index (χ0v) is 13.8. The van der Waals surface area contributed by atoms with Gasteiger partial charge in [0.2, 0.25) is 5.91 Å². The Bertz CT molecular complexity index is 659. The van der Waals surface area contributed by atoms with E-state index in [1.165, 1.54) is 29.7 Å². The molecule has 0 radical (unpaired) electrons. The second-order valence-electron chi connectivity index (χ2n) is 5.91. The van der Waals surface area contributed by atoms with Gasteiger partial charge in [-0.3, -0.25) is 4.79 Å². The largest absolute Gasteiger partial charge is 0.308 e. The molecule has 0 saturated heterocycles. The van der Waals surface area contributed by atoms with Crippen molar-refractivity contribution in [3.05, 3.63) is 34.7 Å². The highest BCUT2D eigenvalue weighted by Crippen LogP contribution is 2.30. The van der Waals surface area contributed by atoms with Gasteiger partial charge in [-0.25, -0.2) is 4.98 Å². The summed E-state index contributed by atoms with van der Waals surface area (Å²) in [5.41, 5.74) is 3.27. The molecule has 1 aromatic carbocycles. The van der Waals surface area contributed by atoms with Crippen molar-refractivity contribution >= 4 is 22.4 Å². The van der Waals surface area contributed by atoms with Gasteiger partial charge in [0, 0.05) is 10.4 Å². The van der Waals surface area contributed by atoms with Crippen molar-refractivity contribution in [2.24, 2.45) is 5.92 Å². The molecular formula is C17H21N3OS. The lowest BCUT2D eigenvalue weighted by atomic mass is 10.1. The van der Waals surface area contributed by atoms with Gasteiger partial charge < -0.3 is 10.6 Å². The molecule has 0 bridgehead atoms. The third-order valence-corrected chi connectivity index (χ3v) is 4.67. The molecule has 1 aliphatic carbocycles. The lowest BCUT2D eigenvalue weighted by Gasteiger charge is -2.03. The maximum Gasteiger partial charge on any atom is 0.240 e. The summed E-state index contributed by atoms with van der Waals surface area (Å²) < 4.78 is 0. The quantitative estimate of drug-likeness (QED) is 0.859. The second-order valence-corrected chi connectivity index (χ2v) is 7.12. The Morgan fingerprint density at radius 2 is 2.00 bits per heavy atom. The van der Waals surface area contributed by atoms with E-state index in [2.05, 4.69) is 46.8 Å². The standard InChI is InChI=1S/C17H21N3OS/c1-11-3-7-14(8-4-11)16-12(2)22-17(20-16)19-15(21)10-18-9-13-5-6-13/h3-4,7-8,13,18H,5-6,9-10H2,1-2H3,(H,19,20,21). The number of nitrogens with zero attached hydrogens (tertiary/aromatic N) is 1. The number of carbonyl (C=O) groups is 1. The van der Waals surface area contributed by atoms with Crippen LogP contribution in [0.4, 0.5) is 5.13 Å². The lowest BCUT2D eigenvalue weighted by molar-refractivity contribution is -0.115. The summed E-state index contributed by atoms with van der Waals surface area (Å²) in [7, 11) is 0. The lowest BCUT2D eigenvalue weighted by Crippen LogP contribution is -2.29. The Morgan fingerprint density at radius 3 is 2.68 bits per heavy atom. The normalized spacial score (nSPS) is 14.1. The highest BCUT2D eigenvalue weighted by Gasteiger charge is 2.20. The van der Waals surface area contributed by atoms with Crippen LogP contribution in [0.2, 0.25) is 0 Å². The van der Waals surface area contributed by atoms with E-state index in [1.54, 1.807) is 0 Å². The maximum absolute atomic E-state index is 11.9. The first-order valence-electron chi connectivity index (χ1n) is 7.67. The molecule has 1 aliphatic rings. The van der Waals surface area contributed by atoms with Crippen molar-refractivity contribution in [3.63, 3.8) is 0 Å². The fourth-order valence-corrected chi connectivity index (χ4v) is 3.16. The molecule has 5 heteroatoms. The van der Waals surface area contributed by atoms with E-state index >= 15 is 0 Å². The first-order valence-corrected chi connectivity index (χ1v) is 8.48. The second kappa shape index (κ2) is 6.58. The van der Waals surface area contributed by atoms with Gasteiger partial charge in [0.1, 0.15) is 0 Å². The summed E-state index contributed by atoms with van der Waals surface area (Å²) >= 11 is 1.52. The van der Waals surface area contributed by atoms with Gasteiger partial charge in [-0.1, -0.05) is 29.8 Å². The molecule has 22 heavy (non-hydrogen) atoms. The van der Waals surface area contributed by atoms with Crippen LogP contribution in [-0.4, -0.2) is 24.0 Å². The third kappa shape index (κ3) is 3.93. The van der Waals surface area contributed by atoms with Crippen molar-refractivity contribution < 1.29 is 4.79 Å². The average Bonchev–Trinajstić information content (AvgIpc) is 3.23. The Morgan fingerprint density at radius 1 is 1.27 bits per heavy atom. The van der Waals surface area contributed by atoms with Gasteiger partial charge in [0.25, 0.3) is 0 Å². The smallest absolute Gasteiger partial charge is 0.240 e. The van der Waals surface area contributed by atoms with Crippen molar-refractivity contribution in [1.82, 2.24) is 10.3 Å². The number of rotatable bonds is 6. The van der Waals surface area contributed by atoms with Crippen LogP contribution in [0.5, 0.6) is 0 Å². The predicted octanol–water partition coefficient (Wildman–Crippen LogP) is 3.37. The molecule has 1 amide bonds. The molecule has 116 valence electrons. The maximum atomic E-state index is 11.9.